The molecular formula is C13H17N3O3S. The number of nitrogens with zero attached hydrogens (tertiary/aromatic N) is 2. The highest BCUT2D eigenvalue weighted by molar-refractivity contribution is 7.91. The quantitative estimate of drug-likeness (QED) is 0.834. The predicted molar refractivity (Wildman–Crippen MR) is 73.6 cm³/mol. The fourth-order valence-electron chi connectivity index (χ4n) is 1.91. The van der Waals surface area contributed by atoms with E-state index in [1.54, 1.807) is 0 Å². The molecule has 1 saturated heterocycles. The van der Waals surface area contributed by atoms with Crippen LogP contribution in [0.4, 0.5) is 0 Å². The second-order valence-corrected chi connectivity index (χ2v) is 6.57. The number of nitrogens with one attached hydrogen (secondary N) is 1. The lowest BCUT2D eigenvalue weighted by molar-refractivity contribution is 0.0133. The van der Waals surface area contributed by atoms with Gasteiger partial charge in [0.1, 0.15) is 0 Å². The van der Waals surface area contributed by atoms with Gasteiger partial charge in [0.15, 0.2) is 9.84 Å². The second-order valence-electron chi connectivity index (χ2n) is 4.46. The van der Waals surface area contributed by atoms with Crippen molar-refractivity contribution in [1.29, 1.82) is 5.26 Å². The Labute approximate surface area is 118 Å². The van der Waals surface area contributed by atoms with Crippen LogP contribution in [0.2, 0.25) is 0 Å². The zero-order valence-corrected chi connectivity index (χ0v) is 11.9. The van der Waals surface area contributed by atoms with Gasteiger partial charge in [-0.3, -0.25) is 5.43 Å². The number of morpholine rings is 1. The monoisotopic (exact) mass is 295 g/mol. The molecule has 0 saturated carbocycles. The van der Waals surface area contributed by atoms with Crippen molar-refractivity contribution in [2.45, 2.75) is 4.90 Å². The summed E-state index contributed by atoms with van der Waals surface area (Å²) in [6.07, 6.45) is 0. The third-order valence-corrected chi connectivity index (χ3v) is 4.79. The molecule has 0 aromatic heterocycles. The van der Waals surface area contributed by atoms with E-state index in [0.717, 1.165) is 13.1 Å². The maximum atomic E-state index is 12.1. The summed E-state index contributed by atoms with van der Waals surface area (Å²) in [5.74, 6) is 0.0241. The summed E-state index contributed by atoms with van der Waals surface area (Å²) >= 11 is 0. The second kappa shape index (κ2) is 6.81. The van der Waals surface area contributed by atoms with Gasteiger partial charge in [-0.25, -0.2) is 13.4 Å². The Kier molecular flexibility index (Phi) is 5.09. The third-order valence-electron chi connectivity index (χ3n) is 3.06. The highest BCUT2D eigenvalue weighted by Crippen LogP contribution is 2.11. The van der Waals surface area contributed by atoms with Gasteiger partial charge in [0.05, 0.1) is 35.5 Å². The average molecular weight is 295 g/mol. The molecule has 6 nitrogen and oxygen atoms in total. The van der Waals surface area contributed by atoms with Crippen LogP contribution in [-0.4, -0.2) is 52.0 Å². The zero-order valence-electron chi connectivity index (χ0n) is 11.1. The third kappa shape index (κ3) is 4.02. The standard InChI is InChI=1S/C13H17N3O3S/c14-11-12-1-3-13(4-2-12)20(17,18)10-5-15-16-6-8-19-9-7-16/h1-4,15H,5-10H2. The van der Waals surface area contributed by atoms with Crippen LogP contribution in [-0.2, 0) is 14.6 Å². The predicted octanol–water partition coefficient (Wildman–Crippen LogP) is 0.169. The Bertz CT molecular complexity index is 572. The minimum absolute atomic E-state index is 0.0241. The van der Waals surface area contributed by atoms with Crippen LogP contribution in [0.5, 0.6) is 0 Å². The van der Waals surface area contributed by atoms with Crippen LogP contribution in [0.3, 0.4) is 0 Å². The number of hydrogen-bond acceptors (Lipinski definition) is 6. The molecule has 1 fully saturated rings. The molecule has 1 N–H and O–H groups in total. The highest BCUT2D eigenvalue weighted by Gasteiger charge is 2.15. The molecule has 0 bridgehead atoms. The zero-order chi connectivity index (χ0) is 14.4. The van der Waals surface area contributed by atoms with Gasteiger partial charge < -0.3 is 4.74 Å². The summed E-state index contributed by atoms with van der Waals surface area (Å²) in [4.78, 5) is 0.250. The smallest absolute Gasteiger partial charge is 0.179 e. The maximum absolute atomic E-state index is 12.1. The van der Waals surface area contributed by atoms with E-state index in [2.05, 4.69) is 5.43 Å². The van der Waals surface area contributed by atoms with Gasteiger partial charge in [-0.15, -0.1) is 0 Å². The molecule has 1 aliphatic heterocycles. The Morgan fingerprint density at radius 2 is 1.90 bits per heavy atom. The SMILES string of the molecule is N#Cc1ccc(S(=O)(=O)CCNN2CCOCC2)cc1. The summed E-state index contributed by atoms with van der Waals surface area (Å²) in [7, 11) is -3.32. The molecule has 0 radical (unpaired) electrons. The lowest BCUT2D eigenvalue weighted by Crippen LogP contribution is -2.47. The summed E-state index contributed by atoms with van der Waals surface area (Å²) in [6.45, 7) is 3.21. The molecular weight excluding hydrogens is 278 g/mol. The van der Waals surface area contributed by atoms with Gasteiger partial charge in [0, 0.05) is 19.6 Å². The van der Waals surface area contributed by atoms with Crippen LogP contribution in [0.15, 0.2) is 29.2 Å². The number of nitriles is 1. The Balaban J connectivity index is 1.88. The van der Waals surface area contributed by atoms with E-state index >= 15 is 0 Å². The summed E-state index contributed by atoms with van der Waals surface area (Å²) in [6, 6.07) is 7.95. The van der Waals surface area contributed by atoms with Crippen LogP contribution < -0.4 is 5.43 Å². The van der Waals surface area contributed by atoms with Crippen molar-refractivity contribution in [3.63, 3.8) is 0 Å². The van der Waals surface area contributed by atoms with Gasteiger partial charge in [0.25, 0.3) is 0 Å². The normalized spacial score (nSPS) is 16.8. The van der Waals surface area contributed by atoms with Crippen molar-refractivity contribution in [3.8, 4) is 6.07 Å². The topological polar surface area (TPSA) is 82.4 Å². The van der Waals surface area contributed by atoms with E-state index in [4.69, 9.17) is 10.00 Å². The molecule has 1 aromatic carbocycles. The van der Waals surface area contributed by atoms with Crippen molar-refractivity contribution in [2.24, 2.45) is 0 Å². The number of benzene rings is 1. The Hall–Kier alpha value is -1.46. The van der Waals surface area contributed by atoms with Crippen molar-refractivity contribution in [3.05, 3.63) is 29.8 Å². The molecule has 108 valence electrons. The minimum Gasteiger partial charge on any atom is -0.379 e. The number of hydrazine groups is 1. The van der Waals surface area contributed by atoms with Gasteiger partial charge in [-0.05, 0) is 24.3 Å². The summed E-state index contributed by atoms with van der Waals surface area (Å²) < 4.78 is 29.4. The summed E-state index contributed by atoms with van der Waals surface area (Å²) in [5.41, 5.74) is 3.55. The largest absolute Gasteiger partial charge is 0.379 e. The molecule has 1 heterocycles. The molecule has 20 heavy (non-hydrogen) atoms. The van der Waals surface area contributed by atoms with E-state index in [0.29, 0.717) is 25.3 Å². The van der Waals surface area contributed by atoms with Crippen molar-refractivity contribution in [2.75, 3.05) is 38.6 Å². The number of hydrogen-bond donors (Lipinski definition) is 1. The molecule has 0 atom stereocenters. The first-order valence-corrected chi connectivity index (χ1v) is 8.06. The minimum atomic E-state index is -3.32. The van der Waals surface area contributed by atoms with E-state index in [1.165, 1.54) is 24.3 Å². The number of ether oxygens (including phenoxy) is 1. The molecule has 2 rings (SSSR count). The molecule has 1 aliphatic rings. The number of rotatable bonds is 5. The van der Waals surface area contributed by atoms with Gasteiger partial charge in [-0.2, -0.15) is 5.26 Å². The Morgan fingerprint density at radius 1 is 1.25 bits per heavy atom. The molecule has 0 unspecified atom stereocenters. The average Bonchev–Trinajstić information content (AvgIpc) is 2.48. The number of sulfone groups is 1. The maximum Gasteiger partial charge on any atom is 0.179 e. The molecule has 7 heteroatoms. The van der Waals surface area contributed by atoms with Crippen LogP contribution >= 0.6 is 0 Å². The van der Waals surface area contributed by atoms with E-state index in [1.807, 2.05) is 11.1 Å². The lowest BCUT2D eigenvalue weighted by Gasteiger charge is -2.27. The first kappa shape index (κ1) is 14.9. The molecule has 0 amide bonds. The van der Waals surface area contributed by atoms with Crippen molar-refractivity contribution >= 4 is 9.84 Å². The van der Waals surface area contributed by atoms with Gasteiger partial charge in [-0.1, -0.05) is 0 Å². The summed E-state index contributed by atoms with van der Waals surface area (Å²) in [5, 5.41) is 10.7. The van der Waals surface area contributed by atoms with E-state index < -0.39 is 9.84 Å². The molecule has 0 aliphatic carbocycles. The van der Waals surface area contributed by atoms with Crippen molar-refractivity contribution in [1.82, 2.24) is 10.4 Å². The fourth-order valence-corrected chi connectivity index (χ4v) is 3.06. The van der Waals surface area contributed by atoms with E-state index in [9.17, 15) is 8.42 Å². The van der Waals surface area contributed by atoms with Crippen LogP contribution in [0.25, 0.3) is 0 Å². The van der Waals surface area contributed by atoms with E-state index in [-0.39, 0.29) is 10.6 Å². The first-order chi connectivity index (χ1) is 9.62. The highest BCUT2D eigenvalue weighted by atomic mass is 32.2. The fraction of sp³-hybridized carbons (Fsp3) is 0.462. The van der Waals surface area contributed by atoms with Gasteiger partial charge in [0.2, 0.25) is 0 Å². The lowest BCUT2D eigenvalue weighted by atomic mass is 10.2. The van der Waals surface area contributed by atoms with Crippen LogP contribution in [0.1, 0.15) is 5.56 Å². The first-order valence-electron chi connectivity index (χ1n) is 6.41. The Morgan fingerprint density at radius 3 is 2.50 bits per heavy atom. The van der Waals surface area contributed by atoms with Crippen molar-refractivity contribution < 1.29 is 13.2 Å². The molecule has 1 aromatic rings. The molecule has 0 spiro atoms. The van der Waals surface area contributed by atoms with Crippen LogP contribution in [0, 0.1) is 11.3 Å². The van der Waals surface area contributed by atoms with Gasteiger partial charge >= 0.3 is 0 Å².